The topological polar surface area (TPSA) is 33.7 Å². The van der Waals surface area contributed by atoms with Crippen LogP contribution in [0.4, 0.5) is 5.69 Å². The summed E-state index contributed by atoms with van der Waals surface area (Å²) in [6.45, 7) is 6.73. The Labute approximate surface area is 122 Å². The standard InChI is InChI=1S/C16H26N2O2/c1-13(12-20-3)18(8-9-19-2)11-14-10-17-16-7-5-4-6-15(14)16/h4-7,13-14,17H,8-12H2,1-3H3. The summed E-state index contributed by atoms with van der Waals surface area (Å²) in [7, 11) is 3.52. The van der Waals surface area contributed by atoms with Gasteiger partial charge in [-0.2, -0.15) is 0 Å². The molecule has 1 aromatic rings. The lowest BCUT2D eigenvalue weighted by Gasteiger charge is -2.30. The molecular formula is C16H26N2O2. The monoisotopic (exact) mass is 278 g/mol. The number of methoxy groups -OCH3 is 2. The van der Waals surface area contributed by atoms with E-state index in [9.17, 15) is 0 Å². The first-order valence-corrected chi connectivity index (χ1v) is 7.31. The number of fused-ring (bicyclic) bond motifs is 1. The molecule has 0 aliphatic carbocycles. The summed E-state index contributed by atoms with van der Waals surface area (Å²) >= 11 is 0. The molecule has 20 heavy (non-hydrogen) atoms. The van der Waals surface area contributed by atoms with Gasteiger partial charge in [0.1, 0.15) is 0 Å². The smallest absolute Gasteiger partial charge is 0.0615 e. The van der Waals surface area contributed by atoms with Crippen molar-refractivity contribution in [2.45, 2.75) is 18.9 Å². The Morgan fingerprint density at radius 2 is 2.10 bits per heavy atom. The number of para-hydroxylation sites is 1. The van der Waals surface area contributed by atoms with E-state index in [1.54, 1.807) is 14.2 Å². The van der Waals surface area contributed by atoms with Gasteiger partial charge in [0, 0.05) is 51.5 Å². The van der Waals surface area contributed by atoms with Gasteiger partial charge < -0.3 is 14.8 Å². The molecule has 1 N–H and O–H groups in total. The van der Waals surface area contributed by atoms with Crippen LogP contribution in [-0.2, 0) is 9.47 Å². The van der Waals surface area contributed by atoms with E-state index in [0.29, 0.717) is 12.0 Å². The lowest BCUT2D eigenvalue weighted by atomic mass is 10.00. The first-order chi connectivity index (χ1) is 9.76. The third kappa shape index (κ3) is 3.72. The molecule has 1 aliphatic heterocycles. The van der Waals surface area contributed by atoms with Crippen LogP contribution in [0, 0.1) is 0 Å². The summed E-state index contributed by atoms with van der Waals surface area (Å²) in [4.78, 5) is 2.46. The normalized spacial score (nSPS) is 18.9. The van der Waals surface area contributed by atoms with Gasteiger partial charge in [-0.3, -0.25) is 4.90 Å². The van der Waals surface area contributed by atoms with Crippen molar-refractivity contribution in [2.75, 3.05) is 52.4 Å². The van der Waals surface area contributed by atoms with Gasteiger partial charge in [-0.05, 0) is 18.6 Å². The molecule has 4 heteroatoms. The molecule has 4 nitrogen and oxygen atoms in total. The van der Waals surface area contributed by atoms with Crippen LogP contribution < -0.4 is 5.32 Å². The molecular weight excluding hydrogens is 252 g/mol. The molecule has 0 aromatic heterocycles. The number of benzene rings is 1. The molecule has 1 aliphatic rings. The van der Waals surface area contributed by atoms with Gasteiger partial charge in [0.25, 0.3) is 0 Å². The second kappa shape index (κ2) is 7.62. The molecule has 0 saturated carbocycles. The highest BCUT2D eigenvalue weighted by molar-refractivity contribution is 5.57. The van der Waals surface area contributed by atoms with Crippen LogP contribution in [0.1, 0.15) is 18.4 Å². The molecule has 2 atom stereocenters. The third-order valence-corrected chi connectivity index (χ3v) is 4.01. The highest BCUT2D eigenvalue weighted by Gasteiger charge is 2.25. The Kier molecular flexibility index (Phi) is 5.83. The van der Waals surface area contributed by atoms with Gasteiger partial charge in [-0.25, -0.2) is 0 Å². The Morgan fingerprint density at radius 3 is 2.85 bits per heavy atom. The summed E-state index contributed by atoms with van der Waals surface area (Å²) < 4.78 is 10.5. The van der Waals surface area contributed by atoms with Gasteiger partial charge in [0.05, 0.1) is 13.2 Å². The minimum atomic E-state index is 0.405. The Hall–Kier alpha value is -1.10. The Morgan fingerprint density at radius 1 is 1.30 bits per heavy atom. The van der Waals surface area contributed by atoms with Crippen LogP contribution in [0.15, 0.2) is 24.3 Å². The van der Waals surface area contributed by atoms with Crippen LogP contribution in [0.2, 0.25) is 0 Å². The van der Waals surface area contributed by atoms with E-state index < -0.39 is 0 Å². The van der Waals surface area contributed by atoms with Crippen LogP contribution in [-0.4, -0.2) is 58.0 Å². The van der Waals surface area contributed by atoms with Crippen LogP contribution in [0.25, 0.3) is 0 Å². The van der Waals surface area contributed by atoms with Gasteiger partial charge in [-0.15, -0.1) is 0 Å². The number of ether oxygens (including phenoxy) is 2. The minimum absolute atomic E-state index is 0.405. The van der Waals surface area contributed by atoms with E-state index in [2.05, 4.69) is 41.4 Å². The van der Waals surface area contributed by atoms with Crippen molar-refractivity contribution in [3.8, 4) is 0 Å². The lowest BCUT2D eigenvalue weighted by Crippen LogP contribution is -2.41. The average molecular weight is 278 g/mol. The van der Waals surface area contributed by atoms with E-state index in [1.807, 2.05) is 0 Å². The summed E-state index contributed by atoms with van der Waals surface area (Å²) in [6, 6.07) is 9.01. The number of nitrogens with one attached hydrogen (secondary N) is 1. The molecule has 0 amide bonds. The number of rotatable bonds is 8. The maximum absolute atomic E-state index is 5.30. The Bertz CT molecular complexity index is 411. The molecule has 0 fully saturated rings. The zero-order valence-electron chi connectivity index (χ0n) is 12.8. The van der Waals surface area contributed by atoms with E-state index in [-0.39, 0.29) is 0 Å². The highest BCUT2D eigenvalue weighted by Crippen LogP contribution is 2.31. The van der Waals surface area contributed by atoms with E-state index in [1.165, 1.54) is 11.3 Å². The molecule has 1 aromatic carbocycles. The minimum Gasteiger partial charge on any atom is -0.384 e. The zero-order valence-corrected chi connectivity index (χ0v) is 12.8. The van der Waals surface area contributed by atoms with E-state index >= 15 is 0 Å². The van der Waals surface area contributed by atoms with Crippen LogP contribution >= 0.6 is 0 Å². The predicted molar refractivity (Wildman–Crippen MR) is 82.5 cm³/mol. The van der Waals surface area contributed by atoms with Crippen molar-refractivity contribution >= 4 is 5.69 Å². The average Bonchev–Trinajstić information content (AvgIpc) is 2.87. The molecule has 2 unspecified atom stereocenters. The number of anilines is 1. The van der Waals surface area contributed by atoms with Crippen molar-refractivity contribution < 1.29 is 9.47 Å². The maximum atomic E-state index is 5.30. The molecule has 2 rings (SSSR count). The van der Waals surface area contributed by atoms with Gasteiger partial charge >= 0.3 is 0 Å². The van der Waals surface area contributed by atoms with Crippen LogP contribution in [0.3, 0.4) is 0 Å². The summed E-state index contributed by atoms with van der Waals surface area (Å²) in [6.07, 6.45) is 0. The van der Waals surface area contributed by atoms with Gasteiger partial charge in [0.2, 0.25) is 0 Å². The predicted octanol–water partition coefficient (Wildman–Crippen LogP) is 2.18. The zero-order chi connectivity index (χ0) is 14.4. The highest BCUT2D eigenvalue weighted by atomic mass is 16.5. The molecule has 0 spiro atoms. The van der Waals surface area contributed by atoms with E-state index in [0.717, 1.165) is 32.8 Å². The second-order valence-electron chi connectivity index (χ2n) is 5.46. The fourth-order valence-corrected chi connectivity index (χ4v) is 2.85. The number of hydrogen-bond acceptors (Lipinski definition) is 4. The fraction of sp³-hybridized carbons (Fsp3) is 0.625. The van der Waals surface area contributed by atoms with Crippen molar-refractivity contribution in [1.82, 2.24) is 4.90 Å². The first-order valence-electron chi connectivity index (χ1n) is 7.31. The van der Waals surface area contributed by atoms with Crippen molar-refractivity contribution in [3.63, 3.8) is 0 Å². The molecule has 112 valence electrons. The van der Waals surface area contributed by atoms with Crippen molar-refractivity contribution in [2.24, 2.45) is 0 Å². The third-order valence-electron chi connectivity index (χ3n) is 4.01. The fourth-order valence-electron chi connectivity index (χ4n) is 2.85. The quantitative estimate of drug-likeness (QED) is 0.790. The SMILES string of the molecule is COCCN(CC1CNc2ccccc21)C(C)COC. The molecule has 1 heterocycles. The molecule has 0 bridgehead atoms. The van der Waals surface area contributed by atoms with Crippen molar-refractivity contribution in [1.29, 1.82) is 0 Å². The van der Waals surface area contributed by atoms with Gasteiger partial charge in [0.15, 0.2) is 0 Å². The number of nitrogens with zero attached hydrogens (tertiary/aromatic N) is 1. The lowest BCUT2D eigenvalue weighted by molar-refractivity contribution is 0.0721. The summed E-state index contributed by atoms with van der Waals surface area (Å²) in [5.41, 5.74) is 2.71. The first kappa shape index (κ1) is 15.3. The molecule has 0 radical (unpaired) electrons. The second-order valence-corrected chi connectivity index (χ2v) is 5.46. The summed E-state index contributed by atoms with van der Waals surface area (Å²) in [5.74, 6) is 0.544. The van der Waals surface area contributed by atoms with Crippen molar-refractivity contribution in [3.05, 3.63) is 29.8 Å². The number of hydrogen-bond donors (Lipinski definition) is 1. The largest absolute Gasteiger partial charge is 0.384 e. The molecule has 0 saturated heterocycles. The van der Waals surface area contributed by atoms with E-state index in [4.69, 9.17) is 9.47 Å². The Balaban J connectivity index is 2.00. The summed E-state index contributed by atoms with van der Waals surface area (Å²) in [5, 5.41) is 3.49. The maximum Gasteiger partial charge on any atom is 0.0615 e. The van der Waals surface area contributed by atoms with Gasteiger partial charge in [-0.1, -0.05) is 18.2 Å². The van der Waals surface area contributed by atoms with Crippen LogP contribution in [0.5, 0.6) is 0 Å².